The van der Waals surface area contributed by atoms with Crippen molar-refractivity contribution in [3.8, 4) is 11.5 Å². The number of carboxylic acids is 1. The molecule has 9 nitrogen and oxygen atoms in total. The largest absolute Gasteiger partial charge is 0.493 e. The van der Waals surface area contributed by atoms with Gasteiger partial charge in [0.2, 0.25) is 0 Å². The van der Waals surface area contributed by atoms with Crippen molar-refractivity contribution in [1.29, 1.82) is 0 Å². The molecule has 146 valence electrons. The number of rotatable bonds is 6. The predicted octanol–water partition coefficient (Wildman–Crippen LogP) is 1.02. The van der Waals surface area contributed by atoms with Gasteiger partial charge in [-0.05, 0) is 24.3 Å². The fraction of sp³-hybridized carbons (Fsp3) is 0.389. The van der Waals surface area contributed by atoms with Crippen LogP contribution in [-0.2, 0) is 4.79 Å². The normalized spacial score (nSPS) is 13.2. The summed E-state index contributed by atoms with van der Waals surface area (Å²) in [6.07, 6.45) is 3.66. The average molecular weight is 376 g/mol. The van der Waals surface area contributed by atoms with Crippen LogP contribution in [-0.4, -0.2) is 65.0 Å². The third-order valence-electron chi connectivity index (χ3n) is 3.83. The third-order valence-corrected chi connectivity index (χ3v) is 3.83. The second-order valence-electron chi connectivity index (χ2n) is 5.87. The van der Waals surface area contributed by atoms with Crippen LogP contribution in [0.1, 0.15) is 23.3 Å². The van der Waals surface area contributed by atoms with Gasteiger partial charge in [-0.1, -0.05) is 0 Å². The molecule has 0 unspecified atom stereocenters. The molecule has 0 radical (unpaired) electrons. The summed E-state index contributed by atoms with van der Waals surface area (Å²) in [5.41, 5.74) is 6.01. The van der Waals surface area contributed by atoms with Crippen molar-refractivity contribution in [2.24, 2.45) is 5.73 Å². The Bertz CT molecular complexity index is 753. The van der Waals surface area contributed by atoms with Crippen LogP contribution in [0.3, 0.4) is 0 Å². The van der Waals surface area contributed by atoms with Crippen LogP contribution in [0.15, 0.2) is 36.7 Å². The Hall–Kier alpha value is -3.07. The molecule has 9 heteroatoms. The van der Waals surface area contributed by atoms with Gasteiger partial charge in [0, 0.05) is 44.5 Å². The first-order valence-electron chi connectivity index (χ1n) is 8.45. The number of methoxy groups -OCH3 is 1. The minimum atomic E-state index is -0.833. The zero-order valence-corrected chi connectivity index (χ0v) is 15.4. The standard InChI is InChI=1S/C16H20N4O3.C2H4O2/c1-22-15-9-12(3-4-14(15)23-8-5-17)16(21)19-10-13(11-19)20-7-2-6-18-20;1-2(3)4/h2-4,6-7,9,13H,5,8,10-11,17H2,1H3;1H3,(H,3,4). The number of hydrogen-bond acceptors (Lipinski definition) is 6. The van der Waals surface area contributed by atoms with Gasteiger partial charge in [-0.3, -0.25) is 14.3 Å². The van der Waals surface area contributed by atoms with E-state index < -0.39 is 5.97 Å². The Morgan fingerprint density at radius 2 is 2.04 bits per heavy atom. The first-order chi connectivity index (χ1) is 13.0. The molecule has 27 heavy (non-hydrogen) atoms. The maximum absolute atomic E-state index is 12.5. The van der Waals surface area contributed by atoms with Gasteiger partial charge in [0.05, 0.1) is 13.2 Å². The summed E-state index contributed by atoms with van der Waals surface area (Å²) in [5, 5.41) is 11.6. The van der Waals surface area contributed by atoms with Crippen LogP contribution in [0.4, 0.5) is 0 Å². The first-order valence-corrected chi connectivity index (χ1v) is 8.45. The topological polar surface area (TPSA) is 120 Å². The van der Waals surface area contributed by atoms with Crippen LogP contribution in [0.2, 0.25) is 0 Å². The number of carbonyl (C=O) groups is 2. The zero-order valence-electron chi connectivity index (χ0n) is 15.4. The Balaban J connectivity index is 0.000000596. The molecule has 1 amide bonds. The van der Waals surface area contributed by atoms with Crippen molar-refractivity contribution in [2.45, 2.75) is 13.0 Å². The van der Waals surface area contributed by atoms with Crippen LogP contribution in [0, 0.1) is 0 Å². The minimum Gasteiger partial charge on any atom is -0.493 e. The third kappa shape index (κ3) is 5.45. The molecule has 0 atom stereocenters. The number of likely N-dealkylation sites (tertiary alicyclic amines) is 1. The van der Waals surface area contributed by atoms with E-state index in [-0.39, 0.29) is 11.9 Å². The van der Waals surface area contributed by atoms with E-state index in [4.69, 9.17) is 25.1 Å². The highest BCUT2D eigenvalue weighted by Crippen LogP contribution is 2.30. The Morgan fingerprint density at radius 3 is 2.59 bits per heavy atom. The number of nitrogens with two attached hydrogens (primary N) is 1. The molecule has 2 heterocycles. The molecule has 0 spiro atoms. The molecule has 1 aromatic carbocycles. The molecule has 2 aromatic rings. The Morgan fingerprint density at radius 1 is 1.33 bits per heavy atom. The fourth-order valence-corrected chi connectivity index (χ4v) is 2.56. The molecule has 1 aromatic heterocycles. The molecule has 0 aliphatic carbocycles. The summed E-state index contributed by atoms with van der Waals surface area (Å²) in [5.74, 6) is 0.276. The second kappa shape index (κ2) is 9.58. The molecule has 1 saturated heterocycles. The second-order valence-corrected chi connectivity index (χ2v) is 5.87. The van der Waals surface area contributed by atoms with Gasteiger partial charge in [-0.15, -0.1) is 0 Å². The maximum Gasteiger partial charge on any atom is 0.300 e. The maximum atomic E-state index is 12.5. The molecule has 1 fully saturated rings. The van der Waals surface area contributed by atoms with E-state index in [9.17, 15) is 4.79 Å². The van der Waals surface area contributed by atoms with Crippen LogP contribution < -0.4 is 15.2 Å². The van der Waals surface area contributed by atoms with Crippen LogP contribution in [0.5, 0.6) is 11.5 Å². The lowest BCUT2D eigenvalue weighted by Gasteiger charge is -2.39. The van der Waals surface area contributed by atoms with Gasteiger partial charge >= 0.3 is 0 Å². The summed E-state index contributed by atoms with van der Waals surface area (Å²) in [6, 6.07) is 7.33. The van der Waals surface area contributed by atoms with E-state index in [2.05, 4.69) is 5.10 Å². The lowest BCUT2D eigenvalue weighted by Crippen LogP contribution is -2.50. The van der Waals surface area contributed by atoms with Gasteiger partial charge in [-0.2, -0.15) is 5.10 Å². The number of benzene rings is 1. The summed E-state index contributed by atoms with van der Waals surface area (Å²) >= 11 is 0. The molecule has 0 saturated carbocycles. The van der Waals surface area contributed by atoms with E-state index in [0.717, 1.165) is 6.92 Å². The fourth-order valence-electron chi connectivity index (χ4n) is 2.56. The molecule has 0 bridgehead atoms. The van der Waals surface area contributed by atoms with Crippen molar-refractivity contribution in [1.82, 2.24) is 14.7 Å². The minimum absolute atomic E-state index is 0.0166. The first kappa shape index (κ1) is 20.2. The van der Waals surface area contributed by atoms with E-state index in [1.807, 2.05) is 16.9 Å². The van der Waals surface area contributed by atoms with Crippen LogP contribution >= 0.6 is 0 Å². The number of amides is 1. The summed E-state index contributed by atoms with van der Waals surface area (Å²) in [4.78, 5) is 23.3. The highest BCUT2D eigenvalue weighted by molar-refractivity contribution is 5.95. The van der Waals surface area contributed by atoms with Gasteiger partial charge in [0.15, 0.2) is 11.5 Å². The smallest absolute Gasteiger partial charge is 0.300 e. The van der Waals surface area contributed by atoms with Crippen LogP contribution in [0.25, 0.3) is 0 Å². The molecular formula is C18H24N4O5. The van der Waals surface area contributed by atoms with E-state index in [1.54, 1.807) is 36.4 Å². The molecule has 1 aliphatic heterocycles. The van der Waals surface area contributed by atoms with Gasteiger partial charge < -0.3 is 25.2 Å². The predicted molar refractivity (Wildman–Crippen MR) is 98.0 cm³/mol. The number of carbonyl (C=O) groups excluding carboxylic acids is 1. The monoisotopic (exact) mass is 376 g/mol. The number of hydrogen-bond donors (Lipinski definition) is 2. The quantitative estimate of drug-likeness (QED) is 0.772. The van der Waals surface area contributed by atoms with Crippen molar-refractivity contribution in [2.75, 3.05) is 33.4 Å². The van der Waals surface area contributed by atoms with Crippen molar-refractivity contribution < 1.29 is 24.2 Å². The van der Waals surface area contributed by atoms with Gasteiger partial charge in [0.25, 0.3) is 11.9 Å². The molecule has 3 N–H and O–H groups in total. The van der Waals surface area contributed by atoms with Crippen molar-refractivity contribution >= 4 is 11.9 Å². The lowest BCUT2D eigenvalue weighted by molar-refractivity contribution is -0.134. The highest BCUT2D eigenvalue weighted by atomic mass is 16.5. The summed E-state index contributed by atoms with van der Waals surface area (Å²) < 4.78 is 12.7. The molecule has 3 rings (SSSR count). The van der Waals surface area contributed by atoms with E-state index >= 15 is 0 Å². The lowest BCUT2D eigenvalue weighted by atomic mass is 10.1. The number of carboxylic acid groups (broad SMARTS) is 1. The van der Waals surface area contributed by atoms with Crippen molar-refractivity contribution in [3.63, 3.8) is 0 Å². The number of nitrogens with zero attached hydrogens (tertiary/aromatic N) is 3. The highest BCUT2D eigenvalue weighted by Gasteiger charge is 2.32. The van der Waals surface area contributed by atoms with E-state index in [0.29, 0.717) is 43.3 Å². The average Bonchev–Trinajstić information content (AvgIpc) is 3.12. The zero-order chi connectivity index (χ0) is 19.8. The van der Waals surface area contributed by atoms with Crippen molar-refractivity contribution in [3.05, 3.63) is 42.2 Å². The summed E-state index contributed by atoms with van der Waals surface area (Å²) in [6.45, 7) is 3.23. The van der Waals surface area contributed by atoms with E-state index in [1.165, 1.54) is 0 Å². The number of ether oxygens (including phenoxy) is 2. The van der Waals surface area contributed by atoms with Gasteiger partial charge in [0.1, 0.15) is 6.61 Å². The molecular weight excluding hydrogens is 352 g/mol. The summed E-state index contributed by atoms with van der Waals surface area (Å²) in [7, 11) is 1.55. The molecule has 1 aliphatic rings. The SMILES string of the molecule is CC(=O)O.COc1cc(C(=O)N2CC(n3cccn3)C2)ccc1OCCN. The van der Waals surface area contributed by atoms with Gasteiger partial charge in [-0.25, -0.2) is 0 Å². The number of aliphatic carboxylic acids is 1. The number of aromatic nitrogens is 2. The Kier molecular flexibility index (Phi) is 7.18. The Labute approximate surface area is 157 Å².